The van der Waals surface area contributed by atoms with Crippen LogP contribution in [0.3, 0.4) is 0 Å². The van der Waals surface area contributed by atoms with E-state index in [1.165, 1.54) is 12.8 Å². The molecule has 1 N–H and O–H groups in total. The second kappa shape index (κ2) is 8.39. The summed E-state index contributed by atoms with van der Waals surface area (Å²) in [6, 6.07) is 2.05. The number of nitrogens with zero attached hydrogens (tertiary/aromatic N) is 2. The highest BCUT2D eigenvalue weighted by molar-refractivity contribution is 5.05. The normalized spacial score (nSPS) is 20.4. The fraction of sp³-hybridized carbons (Fsp3) is 0.800. The van der Waals surface area contributed by atoms with E-state index in [1.807, 2.05) is 0 Å². The van der Waals surface area contributed by atoms with Gasteiger partial charge in [0.15, 0.2) is 5.76 Å². The summed E-state index contributed by atoms with van der Waals surface area (Å²) < 4.78 is 11.3. The molecule has 1 aliphatic heterocycles. The van der Waals surface area contributed by atoms with Gasteiger partial charge in [0.05, 0.1) is 18.3 Å². The van der Waals surface area contributed by atoms with Gasteiger partial charge in [0.25, 0.3) is 0 Å². The molecule has 5 nitrogen and oxygen atoms in total. The average molecular weight is 281 g/mol. The Morgan fingerprint density at radius 3 is 3.20 bits per heavy atom. The molecule has 1 fully saturated rings. The molecule has 0 saturated carbocycles. The van der Waals surface area contributed by atoms with Crippen molar-refractivity contribution in [3.8, 4) is 0 Å². The average Bonchev–Trinajstić information content (AvgIpc) is 2.91. The van der Waals surface area contributed by atoms with Gasteiger partial charge in [0.1, 0.15) is 0 Å². The Balaban J connectivity index is 1.78. The monoisotopic (exact) mass is 281 g/mol. The van der Waals surface area contributed by atoms with Crippen LogP contribution in [0.15, 0.2) is 10.6 Å². The maximum Gasteiger partial charge on any atom is 0.151 e. The molecule has 0 aromatic carbocycles. The summed E-state index contributed by atoms with van der Waals surface area (Å²) >= 11 is 0. The van der Waals surface area contributed by atoms with E-state index in [4.69, 9.17) is 9.26 Å². The van der Waals surface area contributed by atoms with Crippen molar-refractivity contribution in [3.05, 3.63) is 17.5 Å². The van der Waals surface area contributed by atoms with Crippen molar-refractivity contribution in [2.45, 2.75) is 52.3 Å². The molecule has 1 atom stereocenters. The Hall–Kier alpha value is -0.910. The Morgan fingerprint density at radius 1 is 1.50 bits per heavy atom. The van der Waals surface area contributed by atoms with Crippen LogP contribution in [-0.4, -0.2) is 42.4 Å². The van der Waals surface area contributed by atoms with E-state index in [2.05, 4.69) is 35.3 Å². The number of aromatic nitrogens is 1. The second-order valence-electron chi connectivity index (χ2n) is 5.44. The third kappa shape index (κ3) is 4.89. The first-order chi connectivity index (χ1) is 9.81. The van der Waals surface area contributed by atoms with Crippen molar-refractivity contribution in [1.29, 1.82) is 0 Å². The lowest BCUT2D eigenvalue weighted by atomic mass is 10.1. The minimum Gasteiger partial charge on any atom is -0.377 e. The first-order valence-electron chi connectivity index (χ1n) is 7.81. The molecule has 1 saturated heterocycles. The Labute approximate surface area is 121 Å². The topological polar surface area (TPSA) is 50.5 Å². The highest BCUT2D eigenvalue weighted by Gasteiger charge is 2.21. The lowest BCUT2D eigenvalue weighted by Crippen LogP contribution is -2.39. The Morgan fingerprint density at radius 2 is 2.40 bits per heavy atom. The number of piperidine rings is 1. The van der Waals surface area contributed by atoms with E-state index in [9.17, 15) is 0 Å². The second-order valence-corrected chi connectivity index (χ2v) is 5.44. The third-order valence-corrected chi connectivity index (χ3v) is 3.56. The van der Waals surface area contributed by atoms with Gasteiger partial charge in [-0.2, -0.15) is 0 Å². The van der Waals surface area contributed by atoms with Crippen LogP contribution in [0.1, 0.15) is 44.6 Å². The molecule has 1 unspecified atom stereocenters. The minimum atomic E-state index is 0.382. The minimum absolute atomic E-state index is 0.382. The lowest BCUT2D eigenvalue weighted by Gasteiger charge is -2.31. The molecule has 1 aromatic heterocycles. The lowest BCUT2D eigenvalue weighted by molar-refractivity contribution is -0.00413. The van der Waals surface area contributed by atoms with Crippen LogP contribution < -0.4 is 5.32 Å². The van der Waals surface area contributed by atoms with Crippen molar-refractivity contribution in [3.63, 3.8) is 0 Å². The molecule has 0 bridgehead atoms. The molecular weight excluding hydrogens is 254 g/mol. The van der Waals surface area contributed by atoms with Gasteiger partial charge in [0.2, 0.25) is 0 Å². The van der Waals surface area contributed by atoms with Crippen LogP contribution in [0.4, 0.5) is 0 Å². The number of rotatable bonds is 8. The first-order valence-corrected chi connectivity index (χ1v) is 7.81. The van der Waals surface area contributed by atoms with Crippen LogP contribution in [0.25, 0.3) is 0 Å². The van der Waals surface area contributed by atoms with E-state index in [0.717, 1.165) is 57.2 Å². The molecule has 20 heavy (non-hydrogen) atoms. The molecule has 114 valence electrons. The number of nitrogens with one attached hydrogen (secondary N) is 1. The largest absolute Gasteiger partial charge is 0.377 e. The molecule has 0 spiro atoms. The number of hydrogen-bond acceptors (Lipinski definition) is 5. The Kier molecular flexibility index (Phi) is 6.50. The van der Waals surface area contributed by atoms with Crippen LogP contribution in [0.2, 0.25) is 0 Å². The van der Waals surface area contributed by atoms with Crippen LogP contribution in [0.5, 0.6) is 0 Å². The van der Waals surface area contributed by atoms with E-state index >= 15 is 0 Å². The van der Waals surface area contributed by atoms with E-state index in [0.29, 0.717) is 6.10 Å². The number of likely N-dealkylation sites (tertiary alicyclic amines) is 1. The fourth-order valence-electron chi connectivity index (χ4n) is 2.56. The van der Waals surface area contributed by atoms with Gasteiger partial charge in [-0.3, -0.25) is 4.90 Å². The summed E-state index contributed by atoms with van der Waals surface area (Å²) in [6.45, 7) is 9.80. The van der Waals surface area contributed by atoms with Gasteiger partial charge in [-0.05, 0) is 32.4 Å². The quantitative estimate of drug-likeness (QED) is 0.791. The van der Waals surface area contributed by atoms with E-state index < -0.39 is 0 Å². The van der Waals surface area contributed by atoms with Gasteiger partial charge in [-0.25, -0.2) is 0 Å². The SMILES string of the molecule is CCCOC1CCCN(Cc2cc(CNCC)no2)C1. The highest BCUT2D eigenvalue weighted by atomic mass is 16.5. The molecule has 2 rings (SSSR count). The first kappa shape index (κ1) is 15.5. The molecule has 1 aliphatic rings. The molecule has 5 heteroatoms. The van der Waals surface area contributed by atoms with Crippen LogP contribution >= 0.6 is 0 Å². The summed E-state index contributed by atoms with van der Waals surface area (Å²) in [5, 5.41) is 7.35. The predicted molar refractivity (Wildman–Crippen MR) is 78.4 cm³/mol. The Bertz CT molecular complexity index is 381. The number of hydrogen-bond donors (Lipinski definition) is 1. The standard InChI is InChI=1S/C15H27N3O2/c1-3-8-19-14-6-5-7-18(11-14)12-15-9-13(17-20-15)10-16-4-2/h9,14,16H,3-8,10-12H2,1-2H3. The van der Waals surface area contributed by atoms with Gasteiger partial charge in [-0.15, -0.1) is 0 Å². The molecule has 0 aliphatic carbocycles. The summed E-state index contributed by atoms with van der Waals surface area (Å²) in [5.74, 6) is 0.953. The highest BCUT2D eigenvalue weighted by Crippen LogP contribution is 2.16. The van der Waals surface area contributed by atoms with Crippen molar-refractivity contribution < 1.29 is 9.26 Å². The zero-order chi connectivity index (χ0) is 14.2. The van der Waals surface area contributed by atoms with Crippen molar-refractivity contribution in [1.82, 2.24) is 15.4 Å². The smallest absolute Gasteiger partial charge is 0.151 e. The van der Waals surface area contributed by atoms with Gasteiger partial charge >= 0.3 is 0 Å². The zero-order valence-electron chi connectivity index (χ0n) is 12.7. The molecular formula is C15H27N3O2. The van der Waals surface area contributed by atoms with E-state index in [1.54, 1.807) is 0 Å². The molecule has 2 heterocycles. The summed E-state index contributed by atoms with van der Waals surface area (Å²) in [4.78, 5) is 2.40. The third-order valence-electron chi connectivity index (χ3n) is 3.56. The number of ether oxygens (including phenoxy) is 1. The molecule has 1 aromatic rings. The van der Waals surface area contributed by atoms with Crippen LogP contribution in [-0.2, 0) is 17.8 Å². The van der Waals surface area contributed by atoms with E-state index in [-0.39, 0.29) is 0 Å². The van der Waals surface area contributed by atoms with Gasteiger partial charge < -0.3 is 14.6 Å². The van der Waals surface area contributed by atoms with Crippen molar-refractivity contribution in [2.75, 3.05) is 26.2 Å². The van der Waals surface area contributed by atoms with Crippen molar-refractivity contribution >= 4 is 0 Å². The fourth-order valence-corrected chi connectivity index (χ4v) is 2.56. The maximum atomic E-state index is 5.86. The molecule has 0 radical (unpaired) electrons. The zero-order valence-corrected chi connectivity index (χ0v) is 12.7. The van der Waals surface area contributed by atoms with Gasteiger partial charge in [0, 0.05) is 25.8 Å². The van der Waals surface area contributed by atoms with Gasteiger partial charge in [-0.1, -0.05) is 19.0 Å². The van der Waals surface area contributed by atoms with Crippen molar-refractivity contribution in [2.24, 2.45) is 0 Å². The summed E-state index contributed by atoms with van der Waals surface area (Å²) in [6.07, 6.45) is 3.85. The summed E-state index contributed by atoms with van der Waals surface area (Å²) in [7, 11) is 0. The maximum absolute atomic E-state index is 5.86. The molecule has 0 amide bonds. The van der Waals surface area contributed by atoms with Crippen LogP contribution in [0, 0.1) is 0 Å². The summed E-state index contributed by atoms with van der Waals surface area (Å²) in [5.41, 5.74) is 0.984. The predicted octanol–water partition coefficient (Wildman–Crippen LogP) is 2.18.